The summed E-state index contributed by atoms with van der Waals surface area (Å²) in [5, 5.41) is 0. The van der Waals surface area contributed by atoms with E-state index in [1.165, 1.54) is 5.56 Å². The van der Waals surface area contributed by atoms with Crippen LogP contribution in [0.1, 0.15) is 38.4 Å². The van der Waals surface area contributed by atoms with Crippen LogP contribution >= 0.6 is 0 Å². The molecule has 3 rings (SSSR count). The lowest BCUT2D eigenvalue weighted by Gasteiger charge is -2.35. The van der Waals surface area contributed by atoms with Gasteiger partial charge in [-0.15, -0.1) is 6.42 Å². The molecule has 0 spiro atoms. The van der Waals surface area contributed by atoms with Crippen LogP contribution in [0, 0.1) is 18.3 Å². The van der Waals surface area contributed by atoms with Crippen molar-refractivity contribution in [2.24, 2.45) is 5.92 Å². The Labute approximate surface area is 127 Å². The van der Waals surface area contributed by atoms with Crippen LogP contribution in [-0.2, 0) is 10.2 Å². The number of fused-ring (bicyclic) bond motifs is 2. The lowest BCUT2D eigenvalue weighted by Crippen LogP contribution is -2.42. The topological polar surface area (TPSA) is 28.3 Å². The van der Waals surface area contributed by atoms with Crippen molar-refractivity contribution in [3.05, 3.63) is 29.6 Å². The highest BCUT2D eigenvalue weighted by atomic mass is 16.5. The number of H-pyrrole nitrogens is 1. The van der Waals surface area contributed by atoms with Crippen molar-refractivity contribution in [1.29, 1.82) is 0 Å². The second-order valence-corrected chi connectivity index (χ2v) is 6.57. The van der Waals surface area contributed by atoms with E-state index in [4.69, 9.17) is 11.2 Å². The molecule has 3 nitrogen and oxygen atoms in total. The van der Waals surface area contributed by atoms with Crippen LogP contribution in [0.25, 0.3) is 5.76 Å². The summed E-state index contributed by atoms with van der Waals surface area (Å²) in [6, 6.07) is 2.96. The summed E-state index contributed by atoms with van der Waals surface area (Å²) >= 11 is 0. The van der Waals surface area contributed by atoms with Crippen LogP contribution in [0.3, 0.4) is 0 Å². The van der Waals surface area contributed by atoms with E-state index in [-0.39, 0.29) is 5.41 Å². The number of nitrogens with zero attached hydrogens (tertiary/aromatic N) is 1. The number of ether oxygens (including phenoxy) is 1. The number of rotatable bonds is 2. The Morgan fingerprint density at radius 1 is 1.52 bits per heavy atom. The SMILES string of the molecule is C#CC1(C)c2cc[nH]c2C(OC)=CC2C1CCN2C(C)C. The number of aromatic nitrogens is 1. The first-order valence-corrected chi connectivity index (χ1v) is 7.70. The molecule has 1 aliphatic carbocycles. The molecule has 1 aliphatic heterocycles. The van der Waals surface area contributed by atoms with Crippen LogP contribution < -0.4 is 0 Å². The van der Waals surface area contributed by atoms with E-state index >= 15 is 0 Å². The van der Waals surface area contributed by atoms with Crippen molar-refractivity contribution in [3.63, 3.8) is 0 Å². The fraction of sp³-hybridized carbons (Fsp3) is 0.556. The number of terminal acetylenes is 1. The first-order valence-electron chi connectivity index (χ1n) is 7.70. The average Bonchev–Trinajstić information content (AvgIpc) is 3.09. The third-order valence-corrected chi connectivity index (χ3v) is 5.29. The fourth-order valence-corrected chi connectivity index (χ4v) is 4.08. The molecule has 0 saturated carbocycles. The molecular weight excluding hydrogens is 260 g/mol. The van der Waals surface area contributed by atoms with Crippen molar-refractivity contribution >= 4 is 5.76 Å². The zero-order valence-electron chi connectivity index (χ0n) is 13.3. The average molecular weight is 284 g/mol. The standard InChI is InChI=1S/C18H24N2O/c1-6-18(4)13-8-10-20(12(2)3)15(13)11-16(21-5)17-14(18)7-9-19-17/h1,7,9,11-13,15,19H,8,10H2,2-5H3. The Hall–Kier alpha value is -1.66. The van der Waals surface area contributed by atoms with E-state index in [1.807, 2.05) is 6.20 Å². The van der Waals surface area contributed by atoms with Gasteiger partial charge < -0.3 is 9.72 Å². The Morgan fingerprint density at radius 2 is 2.29 bits per heavy atom. The Balaban J connectivity index is 2.18. The number of hydrogen-bond donors (Lipinski definition) is 1. The molecule has 1 aromatic heterocycles. The minimum absolute atomic E-state index is 0.263. The highest BCUT2D eigenvalue weighted by molar-refractivity contribution is 5.65. The van der Waals surface area contributed by atoms with E-state index in [9.17, 15) is 0 Å². The van der Waals surface area contributed by atoms with Gasteiger partial charge in [-0.2, -0.15) is 0 Å². The highest BCUT2D eigenvalue weighted by Gasteiger charge is 2.48. The van der Waals surface area contributed by atoms with Gasteiger partial charge in [-0.05, 0) is 57.4 Å². The molecular formula is C18H24N2O. The summed E-state index contributed by atoms with van der Waals surface area (Å²) in [5.41, 5.74) is 1.97. The third kappa shape index (κ3) is 1.93. The maximum Gasteiger partial charge on any atom is 0.140 e. The highest BCUT2D eigenvalue weighted by Crippen LogP contribution is 2.47. The minimum Gasteiger partial charge on any atom is -0.495 e. The summed E-state index contributed by atoms with van der Waals surface area (Å²) < 4.78 is 5.66. The van der Waals surface area contributed by atoms with E-state index in [1.54, 1.807) is 7.11 Å². The number of methoxy groups -OCH3 is 1. The maximum absolute atomic E-state index is 6.00. The molecule has 2 aliphatic rings. The monoisotopic (exact) mass is 284 g/mol. The van der Waals surface area contributed by atoms with Crippen LogP contribution in [0.4, 0.5) is 0 Å². The molecule has 0 amide bonds. The van der Waals surface area contributed by atoms with Gasteiger partial charge in [0.05, 0.1) is 18.2 Å². The Kier molecular flexibility index (Phi) is 3.37. The van der Waals surface area contributed by atoms with Crippen molar-refractivity contribution < 1.29 is 4.74 Å². The quantitative estimate of drug-likeness (QED) is 0.846. The van der Waals surface area contributed by atoms with Gasteiger partial charge in [0, 0.05) is 18.3 Å². The zero-order chi connectivity index (χ0) is 15.2. The largest absolute Gasteiger partial charge is 0.495 e. The summed E-state index contributed by atoms with van der Waals surface area (Å²) in [7, 11) is 1.73. The van der Waals surface area contributed by atoms with E-state index < -0.39 is 0 Å². The van der Waals surface area contributed by atoms with Gasteiger partial charge in [0.25, 0.3) is 0 Å². The molecule has 3 unspecified atom stereocenters. The lowest BCUT2D eigenvalue weighted by molar-refractivity contribution is 0.198. The molecule has 1 aromatic rings. The molecule has 2 heterocycles. The van der Waals surface area contributed by atoms with E-state index in [2.05, 4.69) is 48.7 Å². The maximum atomic E-state index is 6.00. The van der Waals surface area contributed by atoms with Crippen molar-refractivity contribution in [1.82, 2.24) is 9.88 Å². The normalized spacial score (nSPS) is 32.1. The van der Waals surface area contributed by atoms with Gasteiger partial charge in [-0.25, -0.2) is 0 Å². The van der Waals surface area contributed by atoms with E-state index in [0.29, 0.717) is 18.0 Å². The van der Waals surface area contributed by atoms with Crippen LogP contribution in [0.15, 0.2) is 18.3 Å². The van der Waals surface area contributed by atoms with Crippen LogP contribution in [0.5, 0.6) is 0 Å². The van der Waals surface area contributed by atoms with Crippen molar-refractivity contribution in [3.8, 4) is 12.3 Å². The molecule has 3 heteroatoms. The van der Waals surface area contributed by atoms with Gasteiger partial charge in [-0.1, -0.05) is 5.92 Å². The fourth-order valence-electron chi connectivity index (χ4n) is 4.08. The first-order chi connectivity index (χ1) is 10.0. The summed E-state index contributed by atoms with van der Waals surface area (Å²) in [5.74, 6) is 4.44. The minimum atomic E-state index is -0.263. The van der Waals surface area contributed by atoms with Gasteiger partial charge in [0.15, 0.2) is 0 Å². The second-order valence-electron chi connectivity index (χ2n) is 6.57. The number of nitrogens with one attached hydrogen (secondary N) is 1. The molecule has 21 heavy (non-hydrogen) atoms. The Morgan fingerprint density at radius 3 is 2.90 bits per heavy atom. The first kappa shape index (κ1) is 14.3. The summed E-state index contributed by atoms with van der Waals surface area (Å²) in [6.07, 6.45) is 11.3. The lowest BCUT2D eigenvalue weighted by atomic mass is 9.70. The van der Waals surface area contributed by atoms with E-state index in [0.717, 1.165) is 24.4 Å². The molecule has 112 valence electrons. The van der Waals surface area contributed by atoms with Gasteiger partial charge in [0.1, 0.15) is 5.76 Å². The number of aromatic amines is 1. The molecule has 1 N–H and O–H groups in total. The van der Waals surface area contributed by atoms with Crippen LogP contribution in [-0.4, -0.2) is 35.6 Å². The van der Waals surface area contributed by atoms with Crippen molar-refractivity contribution in [2.45, 2.75) is 44.7 Å². The molecule has 0 radical (unpaired) electrons. The van der Waals surface area contributed by atoms with Crippen LogP contribution in [0.2, 0.25) is 0 Å². The number of hydrogen-bond acceptors (Lipinski definition) is 2. The summed E-state index contributed by atoms with van der Waals surface area (Å²) in [6.45, 7) is 7.80. The van der Waals surface area contributed by atoms with Gasteiger partial charge in [0.2, 0.25) is 0 Å². The number of likely N-dealkylation sites (tertiary alicyclic amines) is 1. The molecule has 1 fully saturated rings. The Bertz CT molecular complexity index is 607. The second kappa shape index (κ2) is 4.96. The zero-order valence-corrected chi connectivity index (χ0v) is 13.3. The molecule has 0 aromatic carbocycles. The van der Waals surface area contributed by atoms with Crippen molar-refractivity contribution in [2.75, 3.05) is 13.7 Å². The molecule has 1 saturated heterocycles. The van der Waals surface area contributed by atoms with Gasteiger partial charge in [-0.3, -0.25) is 4.90 Å². The third-order valence-electron chi connectivity index (χ3n) is 5.29. The predicted molar refractivity (Wildman–Crippen MR) is 85.7 cm³/mol. The summed E-state index contributed by atoms with van der Waals surface area (Å²) in [4.78, 5) is 5.85. The molecule has 3 atom stereocenters. The molecule has 0 bridgehead atoms. The predicted octanol–water partition coefficient (Wildman–Crippen LogP) is 3.01. The smallest absolute Gasteiger partial charge is 0.140 e. The van der Waals surface area contributed by atoms with Gasteiger partial charge >= 0.3 is 0 Å².